The average molecular weight is 564 g/mol. The lowest BCUT2D eigenvalue weighted by Crippen LogP contribution is -2.68. The minimum Gasteiger partial charge on any atom is -0.364 e. The molecule has 12 heteroatoms. The average Bonchev–Trinajstić information content (AvgIpc) is 3.41. The number of carbonyl (C=O) groups is 1. The van der Waals surface area contributed by atoms with E-state index in [2.05, 4.69) is 51.9 Å². The van der Waals surface area contributed by atoms with Gasteiger partial charge < -0.3 is 5.73 Å². The van der Waals surface area contributed by atoms with Crippen LogP contribution in [0.15, 0.2) is 121 Å². The first-order valence-corrected chi connectivity index (χ1v) is 14.6. The monoisotopic (exact) mass is 563 g/mol. The van der Waals surface area contributed by atoms with Gasteiger partial charge in [-0.3, -0.25) is 4.79 Å². The number of halogens is 1. The van der Waals surface area contributed by atoms with Gasteiger partial charge in [0.25, 0.3) is 11.7 Å². The molecule has 0 saturated carbocycles. The van der Waals surface area contributed by atoms with Crippen LogP contribution in [0.4, 0.5) is 0 Å². The van der Waals surface area contributed by atoms with Crippen LogP contribution < -0.4 is 40.3 Å². The van der Waals surface area contributed by atoms with Crippen LogP contribution in [0.5, 0.6) is 0 Å². The van der Waals surface area contributed by atoms with Crippen LogP contribution in [-0.2, 0) is 4.79 Å². The fourth-order valence-corrected chi connectivity index (χ4v) is 9.01. The van der Waals surface area contributed by atoms with E-state index in [4.69, 9.17) is 24.4 Å². The summed E-state index contributed by atoms with van der Waals surface area (Å²) in [6, 6.07) is 39.9. The first-order chi connectivity index (χ1) is 18.7. The number of amides is 1. The van der Waals surface area contributed by atoms with Gasteiger partial charge >= 0.3 is 0 Å². The zero-order valence-corrected chi connectivity index (χ0v) is 22.0. The molecule has 4 aromatic carbocycles. The summed E-state index contributed by atoms with van der Waals surface area (Å²) in [4.78, 5) is 13.5. The van der Waals surface area contributed by atoms with E-state index in [1.165, 1.54) is 0 Å². The maximum atomic E-state index is 13.5. The van der Waals surface area contributed by atoms with Crippen LogP contribution in [0.2, 0.25) is 0 Å². The third kappa shape index (κ3) is 6.35. The van der Waals surface area contributed by atoms with Crippen LogP contribution in [0.3, 0.4) is 0 Å². The molecule has 1 aromatic heterocycles. The molecule has 0 aliphatic carbocycles. The lowest BCUT2D eigenvalue weighted by Gasteiger charge is -2.32. The molecule has 0 fully saturated rings. The predicted octanol–water partition coefficient (Wildman–Crippen LogP) is -1.44. The molecular formula is C27H23ClN5O5P. The molecule has 198 valence electrons. The van der Waals surface area contributed by atoms with Crippen molar-refractivity contribution in [1.29, 1.82) is 0 Å². The molecule has 10 nitrogen and oxygen atoms in total. The van der Waals surface area contributed by atoms with Crippen LogP contribution in [-0.4, -0.2) is 26.1 Å². The van der Waals surface area contributed by atoms with E-state index in [1.807, 2.05) is 84.9 Å². The second-order valence-corrected chi connectivity index (χ2v) is 12.4. The van der Waals surface area contributed by atoms with E-state index in [1.54, 1.807) is 4.68 Å². The molecule has 1 amide bonds. The standard InChI is InChI=1S/C27H22N5OP.ClHO4/c28-25(33)27(32-26(29-30-31-32)21-13-5-1-6-14-21)34(22-15-7-2-8-16-22,23-17-9-3-10-18-23)24-19-11-4-12-20-24;2-1(3,4)5/h1-20,27H,(H-,28,33);(H,2,3,4,5). The number of hydrogen-bond donors (Lipinski definition) is 1. The van der Waals surface area contributed by atoms with Crippen molar-refractivity contribution in [3.05, 3.63) is 121 Å². The summed E-state index contributed by atoms with van der Waals surface area (Å²) in [6.45, 7) is 0. The highest BCUT2D eigenvalue weighted by atomic mass is 35.7. The zero-order chi connectivity index (χ0) is 27.9. The molecule has 2 N–H and O–H groups in total. The third-order valence-electron chi connectivity index (χ3n) is 5.87. The molecule has 5 aromatic rings. The largest absolute Gasteiger partial charge is 0.364 e. The summed E-state index contributed by atoms with van der Waals surface area (Å²) in [6.07, 6.45) is 0. The zero-order valence-electron chi connectivity index (χ0n) is 20.4. The van der Waals surface area contributed by atoms with E-state index in [0.29, 0.717) is 5.82 Å². The topological polar surface area (TPSA) is 179 Å². The summed E-state index contributed by atoms with van der Waals surface area (Å²) >= 11 is 0. The number of tetrazole rings is 1. The first-order valence-electron chi connectivity index (χ1n) is 11.5. The highest BCUT2D eigenvalue weighted by Gasteiger charge is 2.57. The second-order valence-electron chi connectivity index (χ2n) is 8.20. The van der Waals surface area contributed by atoms with Crippen molar-refractivity contribution >= 4 is 29.1 Å². The molecule has 5 rings (SSSR count). The lowest BCUT2D eigenvalue weighted by atomic mass is 10.2. The lowest BCUT2D eigenvalue weighted by molar-refractivity contribution is -2.00. The molecule has 0 bridgehead atoms. The predicted molar refractivity (Wildman–Crippen MR) is 137 cm³/mol. The molecule has 1 atom stereocenters. The number of nitrogens with zero attached hydrogens (tertiary/aromatic N) is 4. The Kier molecular flexibility index (Phi) is 8.78. The third-order valence-corrected chi connectivity index (χ3v) is 10.4. The molecule has 39 heavy (non-hydrogen) atoms. The van der Waals surface area contributed by atoms with Crippen LogP contribution in [0.1, 0.15) is 5.78 Å². The Morgan fingerprint density at radius 1 is 0.692 bits per heavy atom. The summed E-state index contributed by atoms with van der Waals surface area (Å²) < 4.78 is 35.6. The Morgan fingerprint density at radius 2 is 1.05 bits per heavy atom. The van der Waals surface area contributed by atoms with Gasteiger partial charge in [-0.25, -0.2) is 18.6 Å². The smallest absolute Gasteiger partial charge is 0.282 e. The normalized spacial score (nSPS) is 12.2. The molecule has 0 spiro atoms. The van der Waals surface area contributed by atoms with Crippen molar-refractivity contribution in [2.45, 2.75) is 5.78 Å². The van der Waals surface area contributed by atoms with Crippen molar-refractivity contribution in [2.75, 3.05) is 0 Å². The van der Waals surface area contributed by atoms with Crippen molar-refractivity contribution in [1.82, 2.24) is 20.2 Å². The fraction of sp³-hybridized carbons (Fsp3) is 0.0370. The quantitative estimate of drug-likeness (QED) is 0.234. The van der Waals surface area contributed by atoms with Crippen molar-refractivity contribution in [3.63, 3.8) is 0 Å². The maximum absolute atomic E-state index is 13.5. The van der Waals surface area contributed by atoms with E-state index >= 15 is 0 Å². The van der Waals surface area contributed by atoms with Gasteiger partial charge in [0.1, 0.15) is 23.2 Å². The SMILES string of the molecule is NC(=O)C(n1nnnc1-c1ccccc1)[P+](c1ccccc1)(c1ccccc1)c1ccccc1.[O-][Cl+3]([O-])([O-])[O-]. The van der Waals surface area contributed by atoms with Gasteiger partial charge in [-0.2, -0.15) is 4.68 Å². The van der Waals surface area contributed by atoms with Gasteiger partial charge in [0, 0.05) is 5.56 Å². The summed E-state index contributed by atoms with van der Waals surface area (Å²) in [7, 11) is -7.65. The van der Waals surface area contributed by atoms with Gasteiger partial charge in [0.15, 0.2) is 5.82 Å². The van der Waals surface area contributed by atoms with E-state index in [-0.39, 0.29) is 0 Å². The maximum Gasteiger partial charge on any atom is 0.282 e. The van der Waals surface area contributed by atoms with Gasteiger partial charge in [0.2, 0.25) is 0 Å². The van der Waals surface area contributed by atoms with Crippen molar-refractivity contribution < 1.29 is 33.7 Å². The van der Waals surface area contributed by atoms with E-state index < -0.39 is 29.2 Å². The van der Waals surface area contributed by atoms with Gasteiger partial charge in [-0.15, -0.1) is 15.3 Å². The van der Waals surface area contributed by atoms with Crippen LogP contribution in [0, 0.1) is 10.2 Å². The Labute approximate surface area is 227 Å². The number of benzene rings is 4. The summed E-state index contributed by atoms with van der Waals surface area (Å²) in [5.74, 6) is -0.837. The molecule has 0 aliphatic rings. The number of hydrogen-bond acceptors (Lipinski definition) is 8. The van der Waals surface area contributed by atoms with Crippen LogP contribution >= 0.6 is 7.26 Å². The molecular weight excluding hydrogens is 541 g/mol. The highest BCUT2D eigenvalue weighted by molar-refractivity contribution is 7.96. The van der Waals surface area contributed by atoms with Crippen LogP contribution in [0.25, 0.3) is 11.4 Å². The highest BCUT2D eigenvalue weighted by Crippen LogP contribution is 2.65. The van der Waals surface area contributed by atoms with Crippen molar-refractivity contribution in [3.8, 4) is 11.4 Å². The number of rotatable bonds is 7. The second kappa shape index (κ2) is 12.2. The molecule has 1 heterocycles. The minimum absolute atomic E-state index is 0.491. The van der Waals surface area contributed by atoms with E-state index in [0.717, 1.165) is 21.5 Å². The van der Waals surface area contributed by atoms with Gasteiger partial charge in [-0.1, -0.05) is 84.9 Å². The fourth-order valence-electron chi connectivity index (χ4n) is 4.47. The molecule has 1 unspecified atom stereocenters. The Hall–Kier alpha value is -4.02. The number of aromatic nitrogens is 4. The summed E-state index contributed by atoms with van der Waals surface area (Å²) in [5.41, 5.74) is 7.06. The summed E-state index contributed by atoms with van der Waals surface area (Å²) in [5, 5.41) is 15.7. The number of carbonyl (C=O) groups excluding carboxylic acids is 1. The number of primary amides is 1. The van der Waals surface area contributed by atoms with Gasteiger partial charge in [0.05, 0.1) is 0 Å². The Balaban J connectivity index is 0.000000648. The van der Waals surface area contributed by atoms with Gasteiger partial charge in [-0.05, 0) is 46.8 Å². The molecule has 0 saturated heterocycles. The van der Waals surface area contributed by atoms with Crippen molar-refractivity contribution in [2.24, 2.45) is 5.73 Å². The minimum atomic E-state index is -4.94. The van der Waals surface area contributed by atoms with E-state index in [9.17, 15) is 4.79 Å². The number of nitrogens with two attached hydrogens (primary N) is 1. The first kappa shape index (κ1) is 28.0. The Bertz CT molecular complexity index is 1380. The molecule has 0 radical (unpaired) electrons. The molecule has 0 aliphatic heterocycles. The Morgan fingerprint density at radius 3 is 1.41 bits per heavy atom.